The fourth-order valence-corrected chi connectivity index (χ4v) is 4.98. The molecule has 36 heavy (non-hydrogen) atoms. The van der Waals surface area contributed by atoms with Gasteiger partial charge in [-0.3, -0.25) is 0 Å². The molecule has 0 fully saturated rings. The Bertz CT molecular complexity index is 1170. The number of fused-ring (bicyclic) bond motifs is 2. The molecule has 0 saturated carbocycles. The summed E-state index contributed by atoms with van der Waals surface area (Å²) in [4.78, 5) is 25.5. The summed E-state index contributed by atoms with van der Waals surface area (Å²) in [6.45, 7) is -0.333. The van der Waals surface area contributed by atoms with Crippen molar-refractivity contribution in [1.29, 1.82) is 0 Å². The van der Waals surface area contributed by atoms with Gasteiger partial charge in [-0.25, -0.2) is 0 Å². The van der Waals surface area contributed by atoms with E-state index in [1.54, 1.807) is 6.07 Å². The third-order valence-corrected chi connectivity index (χ3v) is 7.05. The van der Waals surface area contributed by atoms with E-state index in [-0.39, 0.29) is 31.5 Å². The van der Waals surface area contributed by atoms with E-state index in [2.05, 4.69) is 5.82 Å². The van der Waals surface area contributed by atoms with Crippen molar-refractivity contribution in [3.63, 3.8) is 0 Å². The Morgan fingerprint density at radius 3 is 2.11 bits per heavy atom. The van der Waals surface area contributed by atoms with E-state index in [9.17, 15) is 9.59 Å². The van der Waals surface area contributed by atoms with E-state index in [1.807, 2.05) is 0 Å². The standard InChI is InChI=1S/C24H27NO10Se/c1-28-15-7-12(9-31-24(27)14(25)5-6-36-4)17(21-19(15)32-10-34-21)18-13(23(26)30-3)8-16(29-2)20-22(18)35-11-33-20/h7-8,14H,5-6,9-11,25H2,1-4H3. The van der Waals surface area contributed by atoms with E-state index in [4.69, 9.17) is 43.6 Å². The summed E-state index contributed by atoms with van der Waals surface area (Å²) < 4.78 is 44.4. The number of benzene rings is 2. The summed E-state index contributed by atoms with van der Waals surface area (Å²) in [5.41, 5.74) is 7.35. The Hall–Kier alpha value is -3.34. The molecule has 1 unspecified atom stereocenters. The van der Waals surface area contributed by atoms with Crippen molar-refractivity contribution in [2.45, 2.75) is 30.2 Å². The van der Waals surface area contributed by atoms with Gasteiger partial charge in [0, 0.05) is 0 Å². The van der Waals surface area contributed by atoms with Crippen LogP contribution in [0.5, 0.6) is 34.5 Å². The fraction of sp³-hybridized carbons (Fsp3) is 0.417. The summed E-state index contributed by atoms with van der Waals surface area (Å²) in [5.74, 6) is 2.78. The number of hydrogen-bond donors (Lipinski definition) is 1. The molecule has 1 atom stereocenters. The molecular formula is C24H27NO10Se. The molecule has 2 aliphatic rings. The molecule has 194 valence electrons. The van der Waals surface area contributed by atoms with Gasteiger partial charge < -0.3 is 4.74 Å². The van der Waals surface area contributed by atoms with Crippen molar-refractivity contribution in [1.82, 2.24) is 0 Å². The molecule has 0 spiro atoms. The first-order valence-corrected chi connectivity index (χ1v) is 13.9. The van der Waals surface area contributed by atoms with Crippen LogP contribution in [0.4, 0.5) is 0 Å². The molecule has 2 N–H and O–H groups in total. The Balaban J connectivity index is 1.89. The SMILES string of the molecule is COC(=O)c1cc(OC)c2c(c1-c1c(COC(=O)C(N)CC[Se]C)cc(OC)c3c1OCO3)OCO2. The monoisotopic (exact) mass is 569 g/mol. The molecule has 11 nitrogen and oxygen atoms in total. The Kier molecular flexibility index (Phi) is 7.97. The number of rotatable bonds is 10. The summed E-state index contributed by atoms with van der Waals surface area (Å²) in [6, 6.07) is 2.42. The number of nitrogens with two attached hydrogens (primary N) is 1. The molecule has 2 aromatic rings. The van der Waals surface area contributed by atoms with E-state index < -0.39 is 18.0 Å². The molecule has 0 radical (unpaired) electrons. The molecule has 12 heteroatoms. The summed E-state index contributed by atoms with van der Waals surface area (Å²) >= 11 is 0.400. The third-order valence-electron chi connectivity index (χ3n) is 5.70. The molecule has 0 amide bonds. The van der Waals surface area contributed by atoms with E-state index in [1.165, 1.54) is 27.4 Å². The van der Waals surface area contributed by atoms with Gasteiger partial charge in [-0.1, -0.05) is 0 Å². The topological polar surface area (TPSA) is 134 Å². The molecular weight excluding hydrogens is 541 g/mol. The molecule has 0 bridgehead atoms. The second kappa shape index (κ2) is 11.2. The van der Waals surface area contributed by atoms with Gasteiger partial charge in [0.25, 0.3) is 0 Å². The first-order chi connectivity index (χ1) is 17.4. The molecule has 0 aromatic heterocycles. The molecule has 2 aromatic carbocycles. The maximum absolute atomic E-state index is 12.9. The Labute approximate surface area is 214 Å². The van der Waals surface area contributed by atoms with Crippen molar-refractivity contribution < 1.29 is 47.5 Å². The summed E-state index contributed by atoms with van der Waals surface area (Å²) in [6.07, 6.45) is 0.538. The quantitative estimate of drug-likeness (QED) is 0.335. The normalized spacial score (nSPS) is 13.8. The van der Waals surface area contributed by atoms with Gasteiger partial charge >= 0.3 is 195 Å². The molecule has 0 aliphatic carbocycles. The van der Waals surface area contributed by atoms with E-state index >= 15 is 0 Å². The Morgan fingerprint density at radius 2 is 1.53 bits per heavy atom. The number of carbonyl (C=O) groups excluding carboxylic acids is 2. The molecule has 4 rings (SSSR count). The average molecular weight is 568 g/mol. The van der Waals surface area contributed by atoms with Crippen molar-refractivity contribution in [2.24, 2.45) is 5.73 Å². The van der Waals surface area contributed by atoms with Gasteiger partial charge in [0.15, 0.2) is 0 Å². The maximum atomic E-state index is 12.9. The number of carbonyl (C=O) groups is 2. The second-order valence-electron chi connectivity index (χ2n) is 7.73. The zero-order valence-corrected chi connectivity index (χ0v) is 22.0. The predicted molar refractivity (Wildman–Crippen MR) is 127 cm³/mol. The molecule has 0 saturated heterocycles. The number of esters is 2. The van der Waals surface area contributed by atoms with Crippen molar-refractivity contribution in [2.75, 3.05) is 34.9 Å². The Morgan fingerprint density at radius 1 is 0.944 bits per heavy atom. The minimum atomic E-state index is -0.737. The van der Waals surface area contributed by atoms with Gasteiger partial charge in [0.2, 0.25) is 0 Å². The van der Waals surface area contributed by atoms with Crippen LogP contribution in [0.3, 0.4) is 0 Å². The van der Waals surface area contributed by atoms with Gasteiger partial charge in [-0.15, -0.1) is 0 Å². The average Bonchev–Trinajstić information content (AvgIpc) is 3.59. The van der Waals surface area contributed by atoms with Gasteiger partial charge in [0.1, 0.15) is 0 Å². The van der Waals surface area contributed by atoms with E-state index in [0.29, 0.717) is 66.8 Å². The fourth-order valence-electron chi connectivity index (χ4n) is 3.96. The van der Waals surface area contributed by atoms with Crippen LogP contribution in [-0.2, 0) is 20.9 Å². The number of hydrogen-bond acceptors (Lipinski definition) is 11. The van der Waals surface area contributed by atoms with Crippen LogP contribution in [0.1, 0.15) is 22.3 Å². The van der Waals surface area contributed by atoms with Crippen molar-refractivity contribution >= 4 is 26.9 Å². The van der Waals surface area contributed by atoms with Crippen molar-refractivity contribution in [3.8, 4) is 45.6 Å². The summed E-state index contributed by atoms with van der Waals surface area (Å²) in [5, 5.41) is 0.865. The van der Waals surface area contributed by atoms with E-state index in [0.717, 1.165) is 5.32 Å². The van der Waals surface area contributed by atoms with Crippen molar-refractivity contribution in [3.05, 3.63) is 23.3 Å². The summed E-state index contributed by atoms with van der Waals surface area (Å²) in [7, 11) is 4.20. The zero-order valence-electron chi connectivity index (χ0n) is 20.3. The first-order valence-electron chi connectivity index (χ1n) is 10.9. The molecule has 2 heterocycles. The van der Waals surface area contributed by atoms with Crippen LogP contribution >= 0.6 is 0 Å². The second-order valence-corrected chi connectivity index (χ2v) is 9.80. The van der Waals surface area contributed by atoms with Crippen LogP contribution in [0, 0.1) is 0 Å². The number of ether oxygens (including phenoxy) is 8. The number of methoxy groups -OCH3 is 3. The van der Waals surface area contributed by atoms with Crippen LogP contribution in [-0.4, -0.2) is 67.9 Å². The minimum absolute atomic E-state index is 0.0746. The van der Waals surface area contributed by atoms with Crippen LogP contribution in [0.15, 0.2) is 12.1 Å². The van der Waals surface area contributed by atoms with Gasteiger partial charge in [-0.05, 0) is 0 Å². The van der Waals surface area contributed by atoms with Crippen LogP contribution < -0.4 is 34.2 Å². The predicted octanol–water partition coefficient (Wildman–Crippen LogP) is 2.55. The van der Waals surface area contributed by atoms with Crippen LogP contribution in [0.25, 0.3) is 11.1 Å². The van der Waals surface area contributed by atoms with Crippen LogP contribution in [0.2, 0.25) is 11.1 Å². The third kappa shape index (κ3) is 4.71. The first kappa shape index (κ1) is 25.7. The van der Waals surface area contributed by atoms with Gasteiger partial charge in [0.05, 0.1) is 14.2 Å². The molecule has 2 aliphatic heterocycles. The zero-order chi connectivity index (χ0) is 25.8. The van der Waals surface area contributed by atoms with Gasteiger partial charge in [-0.2, -0.15) is 0 Å².